The fourth-order valence-electron chi connectivity index (χ4n) is 1.32. The Kier molecular flexibility index (Phi) is 1.46. The lowest BCUT2D eigenvalue weighted by Crippen LogP contribution is -2.13. The average Bonchev–Trinajstić information content (AvgIpc) is 2.49. The molecule has 0 spiro atoms. The van der Waals surface area contributed by atoms with Crippen LogP contribution in [0.15, 0.2) is 12.3 Å². The van der Waals surface area contributed by atoms with Crippen molar-refractivity contribution in [1.82, 2.24) is 4.98 Å². The second-order valence-electron chi connectivity index (χ2n) is 2.60. The molecule has 1 aromatic heterocycles. The van der Waals surface area contributed by atoms with Crippen LogP contribution in [-0.2, 0) is 6.42 Å². The van der Waals surface area contributed by atoms with Crippen molar-refractivity contribution >= 4 is 5.91 Å². The van der Waals surface area contributed by atoms with Crippen LogP contribution in [0.2, 0.25) is 0 Å². The average molecular weight is 164 g/mol. The van der Waals surface area contributed by atoms with Gasteiger partial charge >= 0.3 is 0 Å². The number of nitrogens with zero attached hydrogens (tertiary/aromatic N) is 1. The molecule has 0 unspecified atom stereocenters. The van der Waals surface area contributed by atoms with Crippen molar-refractivity contribution in [3.63, 3.8) is 0 Å². The molecule has 0 saturated carbocycles. The molecule has 2 N–H and O–H groups in total. The normalized spacial score (nSPS) is 13.7. The molecule has 1 amide bonds. The predicted octanol–water partition coefficient (Wildman–Crippen LogP) is 0.115. The zero-order valence-electron chi connectivity index (χ0n) is 6.41. The van der Waals surface area contributed by atoms with Gasteiger partial charge in [0, 0.05) is 23.7 Å². The SMILES string of the molecule is NC(=O)c1ccnc2c1CCO2. The van der Waals surface area contributed by atoms with Crippen LogP contribution in [-0.4, -0.2) is 17.5 Å². The number of carbonyl (C=O) groups excluding carboxylic acids is 1. The van der Waals surface area contributed by atoms with Crippen LogP contribution in [0, 0.1) is 0 Å². The third-order valence-electron chi connectivity index (χ3n) is 1.87. The first-order chi connectivity index (χ1) is 5.79. The molecule has 12 heavy (non-hydrogen) atoms. The van der Waals surface area contributed by atoms with Crippen LogP contribution in [0.4, 0.5) is 0 Å². The molecule has 62 valence electrons. The number of nitrogens with two attached hydrogens (primary N) is 1. The molecule has 1 aromatic rings. The summed E-state index contributed by atoms with van der Waals surface area (Å²) in [6, 6.07) is 1.62. The lowest BCUT2D eigenvalue weighted by atomic mass is 10.1. The Morgan fingerprint density at radius 1 is 1.67 bits per heavy atom. The van der Waals surface area contributed by atoms with Crippen LogP contribution >= 0.6 is 0 Å². The molecule has 0 saturated heterocycles. The molecule has 2 heterocycles. The van der Waals surface area contributed by atoms with E-state index in [9.17, 15) is 4.79 Å². The van der Waals surface area contributed by atoms with E-state index in [1.54, 1.807) is 6.07 Å². The summed E-state index contributed by atoms with van der Waals surface area (Å²) in [6.07, 6.45) is 2.26. The number of fused-ring (bicyclic) bond motifs is 1. The Labute approximate surface area is 69.4 Å². The summed E-state index contributed by atoms with van der Waals surface area (Å²) in [7, 11) is 0. The lowest BCUT2D eigenvalue weighted by Gasteiger charge is -2.00. The van der Waals surface area contributed by atoms with E-state index in [2.05, 4.69) is 4.98 Å². The van der Waals surface area contributed by atoms with E-state index in [1.165, 1.54) is 6.20 Å². The topological polar surface area (TPSA) is 65.2 Å². The van der Waals surface area contributed by atoms with Gasteiger partial charge in [0.25, 0.3) is 0 Å². The van der Waals surface area contributed by atoms with E-state index in [-0.39, 0.29) is 0 Å². The highest BCUT2D eigenvalue weighted by Crippen LogP contribution is 2.24. The number of primary amides is 1. The van der Waals surface area contributed by atoms with Crippen LogP contribution in [0.3, 0.4) is 0 Å². The zero-order valence-corrected chi connectivity index (χ0v) is 6.41. The van der Waals surface area contributed by atoms with Gasteiger partial charge in [-0.05, 0) is 6.07 Å². The van der Waals surface area contributed by atoms with Gasteiger partial charge in [0.2, 0.25) is 11.8 Å². The summed E-state index contributed by atoms with van der Waals surface area (Å²) in [5.41, 5.74) is 6.53. The number of pyridine rings is 1. The Bertz CT molecular complexity index is 336. The first-order valence-electron chi connectivity index (χ1n) is 3.69. The smallest absolute Gasteiger partial charge is 0.249 e. The molecule has 1 aliphatic heterocycles. The summed E-state index contributed by atoms with van der Waals surface area (Å²) in [6.45, 7) is 0.590. The predicted molar refractivity (Wildman–Crippen MR) is 42.0 cm³/mol. The summed E-state index contributed by atoms with van der Waals surface area (Å²) in [5, 5.41) is 0. The van der Waals surface area contributed by atoms with Gasteiger partial charge in [-0.25, -0.2) is 4.98 Å². The van der Waals surface area contributed by atoms with Crippen molar-refractivity contribution in [2.45, 2.75) is 6.42 Å². The monoisotopic (exact) mass is 164 g/mol. The van der Waals surface area contributed by atoms with Crippen LogP contribution in [0.1, 0.15) is 15.9 Å². The van der Waals surface area contributed by atoms with Gasteiger partial charge in [-0.15, -0.1) is 0 Å². The fraction of sp³-hybridized carbons (Fsp3) is 0.250. The molecule has 0 radical (unpaired) electrons. The minimum atomic E-state index is -0.417. The maximum Gasteiger partial charge on any atom is 0.249 e. The van der Waals surface area contributed by atoms with Gasteiger partial charge in [-0.2, -0.15) is 0 Å². The fourth-order valence-corrected chi connectivity index (χ4v) is 1.32. The Morgan fingerprint density at radius 3 is 3.25 bits per heavy atom. The molecular weight excluding hydrogens is 156 g/mol. The molecule has 1 aliphatic rings. The molecule has 0 aliphatic carbocycles. The van der Waals surface area contributed by atoms with E-state index < -0.39 is 5.91 Å². The zero-order chi connectivity index (χ0) is 8.55. The van der Waals surface area contributed by atoms with Crippen molar-refractivity contribution in [1.29, 1.82) is 0 Å². The highest BCUT2D eigenvalue weighted by molar-refractivity contribution is 5.94. The molecule has 0 bridgehead atoms. The van der Waals surface area contributed by atoms with E-state index in [0.29, 0.717) is 18.1 Å². The number of carbonyl (C=O) groups is 1. The number of ether oxygens (including phenoxy) is 1. The number of aromatic nitrogens is 1. The van der Waals surface area contributed by atoms with Crippen molar-refractivity contribution in [3.8, 4) is 5.88 Å². The molecule has 0 fully saturated rings. The first-order valence-corrected chi connectivity index (χ1v) is 3.69. The largest absolute Gasteiger partial charge is 0.477 e. The van der Waals surface area contributed by atoms with Crippen molar-refractivity contribution in [3.05, 3.63) is 23.4 Å². The van der Waals surface area contributed by atoms with Crippen molar-refractivity contribution in [2.75, 3.05) is 6.61 Å². The maximum atomic E-state index is 10.9. The summed E-state index contributed by atoms with van der Waals surface area (Å²) < 4.78 is 5.17. The van der Waals surface area contributed by atoms with Gasteiger partial charge in [0.15, 0.2) is 0 Å². The molecule has 4 heteroatoms. The van der Waals surface area contributed by atoms with Gasteiger partial charge < -0.3 is 10.5 Å². The summed E-state index contributed by atoms with van der Waals surface area (Å²) in [4.78, 5) is 14.9. The highest BCUT2D eigenvalue weighted by atomic mass is 16.5. The molecule has 0 aromatic carbocycles. The molecule has 4 nitrogen and oxygen atoms in total. The summed E-state index contributed by atoms with van der Waals surface area (Å²) >= 11 is 0. The van der Waals surface area contributed by atoms with Crippen LogP contribution < -0.4 is 10.5 Å². The second-order valence-corrected chi connectivity index (χ2v) is 2.60. The number of hydrogen-bond donors (Lipinski definition) is 1. The maximum absolute atomic E-state index is 10.9. The third-order valence-corrected chi connectivity index (χ3v) is 1.87. The standard InChI is InChI=1S/C8H8N2O2/c9-7(11)5-1-3-10-8-6(5)2-4-12-8/h1,3H,2,4H2,(H2,9,11). The van der Waals surface area contributed by atoms with Gasteiger partial charge in [-0.1, -0.05) is 0 Å². The van der Waals surface area contributed by atoms with Crippen molar-refractivity contribution in [2.24, 2.45) is 5.73 Å². The Balaban J connectivity index is 2.56. The number of hydrogen-bond acceptors (Lipinski definition) is 3. The second kappa shape index (κ2) is 2.48. The van der Waals surface area contributed by atoms with Gasteiger partial charge in [0.1, 0.15) is 0 Å². The molecular formula is C8H8N2O2. The van der Waals surface area contributed by atoms with E-state index in [0.717, 1.165) is 12.0 Å². The van der Waals surface area contributed by atoms with Gasteiger partial charge in [0.05, 0.1) is 6.61 Å². The van der Waals surface area contributed by atoms with Crippen LogP contribution in [0.25, 0.3) is 0 Å². The lowest BCUT2D eigenvalue weighted by molar-refractivity contribution is 0.0999. The van der Waals surface area contributed by atoms with Crippen molar-refractivity contribution < 1.29 is 9.53 Å². The molecule has 2 rings (SSSR count). The quantitative estimate of drug-likeness (QED) is 0.640. The number of rotatable bonds is 1. The minimum absolute atomic E-state index is 0.417. The minimum Gasteiger partial charge on any atom is -0.477 e. The van der Waals surface area contributed by atoms with E-state index in [4.69, 9.17) is 10.5 Å². The third kappa shape index (κ3) is 0.922. The van der Waals surface area contributed by atoms with Crippen LogP contribution in [0.5, 0.6) is 5.88 Å². The first kappa shape index (κ1) is 7.09. The highest BCUT2D eigenvalue weighted by Gasteiger charge is 2.19. The Hall–Kier alpha value is -1.58. The molecule has 0 atom stereocenters. The van der Waals surface area contributed by atoms with Gasteiger partial charge in [-0.3, -0.25) is 4.79 Å². The Morgan fingerprint density at radius 2 is 2.50 bits per heavy atom. The number of amides is 1. The van der Waals surface area contributed by atoms with E-state index >= 15 is 0 Å². The summed E-state index contributed by atoms with van der Waals surface area (Å²) in [5.74, 6) is 0.130. The van der Waals surface area contributed by atoms with E-state index in [1.807, 2.05) is 0 Å².